The van der Waals surface area contributed by atoms with E-state index in [-0.39, 0.29) is 18.3 Å². The second kappa shape index (κ2) is 8.78. The van der Waals surface area contributed by atoms with Gasteiger partial charge in [-0.2, -0.15) is 0 Å². The van der Waals surface area contributed by atoms with Gasteiger partial charge in [-0.15, -0.1) is 11.3 Å². The molecule has 0 atom stereocenters. The van der Waals surface area contributed by atoms with E-state index in [0.717, 1.165) is 17.5 Å². The number of unbranched alkanes of at least 4 members (excludes halogenated alkanes) is 1. The van der Waals surface area contributed by atoms with Crippen molar-refractivity contribution in [2.45, 2.75) is 19.4 Å². The molecule has 1 heterocycles. The van der Waals surface area contributed by atoms with Crippen molar-refractivity contribution in [1.29, 1.82) is 0 Å². The lowest BCUT2D eigenvalue weighted by Crippen LogP contribution is -2.25. The first-order chi connectivity index (χ1) is 12.7. The fourth-order valence-electron chi connectivity index (χ4n) is 2.71. The van der Waals surface area contributed by atoms with Crippen molar-refractivity contribution in [1.82, 2.24) is 5.32 Å². The summed E-state index contributed by atoms with van der Waals surface area (Å²) in [7, 11) is 0. The quantitative estimate of drug-likeness (QED) is 0.586. The summed E-state index contributed by atoms with van der Waals surface area (Å²) in [6, 6.07) is 14.2. The number of fused-ring (bicyclic) bond motifs is 1. The molecule has 3 aromatic rings. The minimum atomic E-state index is -0.340. The predicted octanol–water partition coefficient (Wildman–Crippen LogP) is 4.09. The van der Waals surface area contributed by atoms with E-state index in [2.05, 4.69) is 5.32 Å². The summed E-state index contributed by atoms with van der Waals surface area (Å²) < 4.78 is 20.9. The molecule has 136 valence electrons. The maximum absolute atomic E-state index is 14.4. The molecule has 0 unspecified atom stereocenters. The zero-order valence-electron chi connectivity index (χ0n) is 14.3. The van der Waals surface area contributed by atoms with Gasteiger partial charge in [0.15, 0.2) is 0 Å². The van der Waals surface area contributed by atoms with Crippen LogP contribution in [0, 0.1) is 5.82 Å². The van der Waals surface area contributed by atoms with E-state index in [4.69, 9.17) is 10.5 Å². The number of halogens is 1. The average molecular weight is 372 g/mol. The van der Waals surface area contributed by atoms with Crippen molar-refractivity contribution in [3.05, 3.63) is 64.8 Å². The topological polar surface area (TPSA) is 64.3 Å². The van der Waals surface area contributed by atoms with E-state index in [1.54, 1.807) is 6.07 Å². The lowest BCUT2D eigenvalue weighted by Gasteiger charge is -2.09. The van der Waals surface area contributed by atoms with Crippen LogP contribution in [-0.4, -0.2) is 19.0 Å². The summed E-state index contributed by atoms with van der Waals surface area (Å²) in [6.45, 7) is 1.28. The third kappa shape index (κ3) is 4.20. The molecule has 0 saturated heterocycles. The molecule has 0 aliphatic rings. The van der Waals surface area contributed by atoms with E-state index in [1.165, 1.54) is 17.4 Å². The average Bonchev–Trinajstić information content (AvgIpc) is 3.04. The van der Waals surface area contributed by atoms with Crippen molar-refractivity contribution < 1.29 is 13.9 Å². The molecule has 1 amide bonds. The van der Waals surface area contributed by atoms with Crippen molar-refractivity contribution in [2.24, 2.45) is 5.73 Å². The molecule has 6 heteroatoms. The highest BCUT2D eigenvalue weighted by atomic mass is 32.1. The molecule has 0 spiro atoms. The highest BCUT2D eigenvalue weighted by Gasteiger charge is 2.21. The molecule has 0 saturated carbocycles. The Labute approximate surface area is 155 Å². The van der Waals surface area contributed by atoms with E-state index in [1.807, 2.05) is 36.4 Å². The third-order valence-electron chi connectivity index (χ3n) is 4.01. The third-order valence-corrected chi connectivity index (χ3v) is 5.21. The van der Waals surface area contributed by atoms with E-state index < -0.39 is 0 Å². The van der Waals surface area contributed by atoms with Gasteiger partial charge in [0.25, 0.3) is 5.91 Å². The van der Waals surface area contributed by atoms with Crippen LogP contribution in [0.4, 0.5) is 4.39 Å². The van der Waals surface area contributed by atoms with Gasteiger partial charge in [0.1, 0.15) is 18.2 Å². The molecular formula is C20H21FN2O2S. The molecule has 0 radical (unpaired) electrons. The second-order valence-corrected chi connectivity index (χ2v) is 6.93. The van der Waals surface area contributed by atoms with Crippen LogP contribution in [0.2, 0.25) is 0 Å². The number of thiophene rings is 1. The summed E-state index contributed by atoms with van der Waals surface area (Å²) in [6.07, 6.45) is 1.67. The Morgan fingerprint density at radius 2 is 1.92 bits per heavy atom. The zero-order valence-corrected chi connectivity index (χ0v) is 15.2. The Hall–Kier alpha value is -2.44. The van der Waals surface area contributed by atoms with Crippen LogP contribution in [0.5, 0.6) is 5.75 Å². The SMILES string of the molecule is NCCCCNC(=O)c1sc2cccc(F)c2c1COc1ccccc1. The largest absolute Gasteiger partial charge is 0.489 e. The zero-order chi connectivity index (χ0) is 18.4. The molecule has 2 aromatic carbocycles. The Bertz CT molecular complexity index is 880. The number of carbonyl (C=O) groups is 1. The first kappa shape index (κ1) is 18.4. The minimum Gasteiger partial charge on any atom is -0.489 e. The summed E-state index contributed by atoms with van der Waals surface area (Å²) in [4.78, 5) is 13.1. The van der Waals surface area contributed by atoms with Gasteiger partial charge >= 0.3 is 0 Å². The number of nitrogens with two attached hydrogens (primary N) is 1. The van der Waals surface area contributed by atoms with Crippen LogP contribution in [0.15, 0.2) is 48.5 Å². The van der Waals surface area contributed by atoms with E-state index in [0.29, 0.717) is 34.7 Å². The number of para-hydroxylation sites is 1. The van der Waals surface area contributed by atoms with Crippen molar-refractivity contribution >= 4 is 27.3 Å². The molecule has 4 nitrogen and oxygen atoms in total. The van der Waals surface area contributed by atoms with Gasteiger partial charge in [0, 0.05) is 22.2 Å². The summed E-state index contributed by atoms with van der Waals surface area (Å²) in [5.74, 6) is 0.138. The van der Waals surface area contributed by atoms with Gasteiger partial charge < -0.3 is 15.8 Å². The standard InChI is InChI=1S/C20H21FN2O2S/c21-16-9-6-10-17-18(16)15(13-25-14-7-2-1-3-8-14)19(26-17)20(24)23-12-5-4-11-22/h1-3,6-10H,4-5,11-13,22H2,(H,23,24). The molecular weight excluding hydrogens is 351 g/mol. The van der Waals surface area contributed by atoms with Gasteiger partial charge in [-0.1, -0.05) is 24.3 Å². The maximum Gasteiger partial charge on any atom is 0.261 e. The smallest absolute Gasteiger partial charge is 0.261 e. The fraction of sp³-hybridized carbons (Fsp3) is 0.250. The number of benzene rings is 2. The molecule has 0 aliphatic heterocycles. The Morgan fingerprint density at radius 1 is 1.12 bits per heavy atom. The van der Waals surface area contributed by atoms with Crippen LogP contribution in [-0.2, 0) is 6.61 Å². The Balaban J connectivity index is 1.86. The number of ether oxygens (including phenoxy) is 1. The van der Waals surface area contributed by atoms with Crippen LogP contribution in [0.1, 0.15) is 28.1 Å². The lowest BCUT2D eigenvalue weighted by atomic mass is 10.1. The summed E-state index contributed by atoms with van der Waals surface area (Å²) >= 11 is 1.29. The van der Waals surface area contributed by atoms with Gasteiger partial charge in [-0.05, 0) is 43.7 Å². The molecule has 0 aliphatic carbocycles. The predicted molar refractivity (Wildman–Crippen MR) is 103 cm³/mol. The lowest BCUT2D eigenvalue weighted by molar-refractivity contribution is 0.0955. The molecule has 3 rings (SSSR count). The number of nitrogens with one attached hydrogen (secondary N) is 1. The van der Waals surface area contributed by atoms with Crippen LogP contribution < -0.4 is 15.8 Å². The fourth-order valence-corrected chi connectivity index (χ4v) is 3.85. The minimum absolute atomic E-state index is 0.135. The molecule has 0 fully saturated rings. The summed E-state index contributed by atoms with van der Waals surface area (Å²) in [5.41, 5.74) is 6.06. The number of carbonyl (C=O) groups excluding carboxylic acids is 1. The van der Waals surface area contributed by atoms with E-state index >= 15 is 0 Å². The van der Waals surface area contributed by atoms with Crippen LogP contribution in [0.25, 0.3) is 10.1 Å². The van der Waals surface area contributed by atoms with Crippen LogP contribution in [0.3, 0.4) is 0 Å². The highest BCUT2D eigenvalue weighted by molar-refractivity contribution is 7.21. The normalized spacial score (nSPS) is 10.8. The number of hydrogen-bond acceptors (Lipinski definition) is 4. The summed E-state index contributed by atoms with van der Waals surface area (Å²) in [5, 5.41) is 3.35. The van der Waals surface area contributed by atoms with Crippen molar-refractivity contribution in [2.75, 3.05) is 13.1 Å². The van der Waals surface area contributed by atoms with Gasteiger partial charge in [-0.3, -0.25) is 4.79 Å². The first-order valence-electron chi connectivity index (χ1n) is 8.56. The Kier molecular flexibility index (Phi) is 6.20. The van der Waals surface area contributed by atoms with E-state index in [9.17, 15) is 9.18 Å². The molecule has 26 heavy (non-hydrogen) atoms. The maximum atomic E-state index is 14.4. The number of amides is 1. The molecule has 1 aromatic heterocycles. The van der Waals surface area contributed by atoms with Crippen LogP contribution >= 0.6 is 11.3 Å². The van der Waals surface area contributed by atoms with Crippen molar-refractivity contribution in [3.63, 3.8) is 0 Å². The van der Waals surface area contributed by atoms with Gasteiger partial charge in [0.2, 0.25) is 0 Å². The second-order valence-electron chi connectivity index (χ2n) is 5.88. The highest BCUT2D eigenvalue weighted by Crippen LogP contribution is 2.34. The van der Waals surface area contributed by atoms with Gasteiger partial charge in [0.05, 0.1) is 4.88 Å². The molecule has 0 bridgehead atoms. The number of hydrogen-bond donors (Lipinski definition) is 2. The number of rotatable bonds is 8. The monoisotopic (exact) mass is 372 g/mol. The van der Waals surface area contributed by atoms with Gasteiger partial charge in [-0.25, -0.2) is 4.39 Å². The van der Waals surface area contributed by atoms with Crippen molar-refractivity contribution in [3.8, 4) is 5.75 Å². The first-order valence-corrected chi connectivity index (χ1v) is 9.38. The Morgan fingerprint density at radius 3 is 2.69 bits per heavy atom. The molecule has 3 N–H and O–H groups in total.